The third-order valence-electron chi connectivity index (χ3n) is 4.42. The second-order valence-electron chi connectivity index (χ2n) is 7.27. The number of rotatable bonds is 7. The number of hydrogen-bond acceptors (Lipinski definition) is 4. The van der Waals surface area contributed by atoms with Gasteiger partial charge in [-0.3, -0.25) is 4.79 Å². The minimum absolute atomic E-state index is 0.0477. The highest BCUT2D eigenvalue weighted by Crippen LogP contribution is 2.34. The van der Waals surface area contributed by atoms with Gasteiger partial charge in [-0.2, -0.15) is 0 Å². The summed E-state index contributed by atoms with van der Waals surface area (Å²) >= 11 is 0. The monoisotopic (exact) mass is 390 g/mol. The lowest BCUT2D eigenvalue weighted by atomic mass is 9.82. The van der Waals surface area contributed by atoms with E-state index in [9.17, 15) is 18.3 Å². The van der Waals surface area contributed by atoms with E-state index in [0.717, 1.165) is 11.1 Å². The molecule has 3 N–H and O–H groups in total. The molecule has 2 rings (SSSR count). The van der Waals surface area contributed by atoms with Crippen molar-refractivity contribution in [2.75, 3.05) is 11.9 Å². The summed E-state index contributed by atoms with van der Waals surface area (Å²) in [6, 6.07) is 13.1. The molecule has 2 aromatic rings. The number of carbonyl (C=O) groups is 1. The van der Waals surface area contributed by atoms with Crippen LogP contribution in [0.4, 0.5) is 5.69 Å². The molecule has 27 heavy (non-hydrogen) atoms. The standard InChI is InChI=1S/C20H26N2O4S/c1-14-10-11-17(12-18(14)21-15(2)24)27(25,26)22-19(20(3,4)13-23)16-8-6-5-7-9-16/h5-12,19,22-23H,13H2,1-4H3,(H,21,24)/t19-/m0/s1. The molecule has 0 radical (unpaired) electrons. The van der Waals surface area contributed by atoms with E-state index in [-0.39, 0.29) is 17.4 Å². The second kappa shape index (κ2) is 8.21. The van der Waals surface area contributed by atoms with Crippen molar-refractivity contribution >= 4 is 21.6 Å². The molecule has 2 aromatic carbocycles. The lowest BCUT2D eigenvalue weighted by Gasteiger charge is -2.33. The maximum Gasteiger partial charge on any atom is 0.241 e. The van der Waals surface area contributed by atoms with Crippen LogP contribution in [0.25, 0.3) is 0 Å². The minimum atomic E-state index is -3.89. The van der Waals surface area contributed by atoms with Crippen molar-refractivity contribution in [3.63, 3.8) is 0 Å². The van der Waals surface area contributed by atoms with Crippen LogP contribution in [0.5, 0.6) is 0 Å². The number of hydrogen-bond donors (Lipinski definition) is 3. The van der Waals surface area contributed by atoms with Gasteiger partial charge in [0.2, 0.25) is 15.9 Å². The Morgan fingerprint density at radius 1 is 1.15 bits per heavy atom. The normalized spacial score (nSPS) is 13.2. The summed E-state index contributed by atoms with van der Waals surface area (Å²) in [7, 11) is -3.89. The molecule has 0 saturated heterocycles. The summed E-state index contributed by atoms with van der Waals surface area (Å²) in [5, 5.41) is 12.4. The number of aliphatic hydroxyl groups is 1. The first-order chi connectivity index (χ1) is 12.6. The van der Waals surface area contributed by atoms with Gasteiger partial charge in [-0.25, -0.2) is 13.1 Å². The van der Waals surface area contributed by atoms with Gasteiger partial charge in [-0.05, 0) is 30.2 Å². The average Bonchev–Trinajstić information content (AvgIpc) is 2.61. The quantitative estimate of drug-likeness (QED) is 0.677. The van der Waals surface area contributed by atoms with Crippen molar-refractivity contribution < 1.29 is 18.3 Å². The lowest BCUT2D eigenvalue weighted by Crippen LogP contribution is -2.40. The van der Waals surface area contributed by atoms with Crippen molar-refractivity contribution in [3.05, 3.63) is 59.7 Å². The fourth-order valence-corrected chi connectivity index (χ4v) is 4.15. The second-order valence-corrected chi connectivity index (χ2v) is 8.98. The maximum absolute atomic E-state index is 13.0. The number of anilines is 1. The molecule has 0 spiro atoms. The van der Waals surface area contributed by atoms with E-state index in [4.69, 9.17) is 0 Å². The molecule has 7 heteroatoms. The molecule has 0 unspecified atom stereocenters. The Hall–Kier alpha value is -2.22. The third-order valence-corrected chi connectivity index (χ3v) is 5.85. The number of amides is 1. The van der Waals surface area contributed by atoms with Crippen molar-refractivity contribution in [1.29, 1.82) is 0 Å². The molecule has 0 aliphatic carbocycles. The summed E-state index contributed by atoms with van der Waals surface area (Å²) in [6.45, 7) is 6.56. The van der Waals surface area contributed by atoms with Crippen LogP contribution in [-0.2, 0) is 14.8 Å². The SMILES string of the molecule is CC(=O)Nc1cc(S(=O)(=O)N[C@@H](c2ccccc2)C(C)(C)CO)ccc1C. The molecule has 0 heterocycles. The summed E-state index contributed by atoms with van der Waals surface area (Å²) in [5.74, 6) is -0.274. The Morgan fingerprint density at radius 3 is 2.33 bits per heavy atom. The van der Waals surface area contributed by atoms with Gasteiger partial charge in [0.1, 0.15) is 0 Å². The molecule has 146 valence electrons. The Morgan fingerprint density at radius 2 is 1.78 bits per heavy atom. The minimum Gasteiger partial charge on any atom is -0.396 e. The van der Waals surface area contributed by atoms with Gasteiger partial charge < -0.3 is 10.4 Å². The first-order valence-corrected chi connectivity index (χ1v) is 10.1. The van der Waals surface area contributed by atoms with E-state index >= 15 is 0 Å². The van der Waals surface area contributed by atoms with Crippen LogP contribution < -0.4 is 10.0 Å². The van der Waals surface area contributed by atoms with Gasteiger partial charge >= 0.3 is 0 Å². The van der Waals surface area contributed by atoms with Crippen molar-refractivity contribution in [3.8, 4) is 0 Å². The van der Waals surface area contributed by atoms with Gasteiger partial charge in [-0.1, -0.05) is 50.2 Å². The number of carbonyl (C=O) groups excluding carboxylic acids is 1. The predicted molar refractivity (Wildman–Crippen MR) is 106 cm³/mol. The Labute approximate surface area is 160 Å². The molecular formula is C20H26N2O4S. The fraction of sp³-hybridized carbons (Fsp3) is 0.350. The molecule has 0 aliphatic rings. The van der Waals surface area contributed by atoms with E-state index in [1.807, 2.05) is 30.3 Å². The van der Waals surface area contributed by atoms with E-state index in [0.29, 0.717) is 5.69 Å². The van der Waals surface area contributed by atoms with Crippen LogP contribution >= 0.6 is 0 Å². The molecule has 0 bridgehead atoms. The van der Waals surface area contributed by atoms with Gasteiger partial charge in [0.05, 0.1) is 17.5 Å². The Bertz CT molecular complexity index is 909. The number of benzene rings is 2. The maximum atomic E-state index is 13.0. The zero-order valence-electron chi connectivity index (χ0n) is 16.0. The van der Waals surface area contributed by atoms with Crippen LogP contribution in [0, 0.1) is 12.3 Å². The third kappa shape index (κ3) is 5.15. The fourth-order valence-electron chi connectivity index (χ4n) is 2.73. The summed E-state index contributed by atoms with van der Waals surface area (Å²) in [6.07, 6.45) is 0. The molecule has 0 saturated carbocycles. The number of aliphatic hydroxyl groups excluding tert-OH is 1. The van der Waals surface area contributed by atoms with Crippen LogP contribution in [0.15, 0.2) is 53.4 Å². The van der Waals surface area contributed by atoms with Crippen LogP contribution in [0.2, 0.25) is 0 Å². The topological polar surface area (TPSA) is 95.5 Å². The summed E-state index contributed by atoms with van der Waals surface area (Å²) in [4.78, 5) is 11.4. The molecule has 1 atom stereocenters. The zero-order valence-corrected chi connectivity index (χ0v) is 16.8. The first kappa shape index (κ1) is 21.1. The summed E-state index contributed by atoms with van der Waals surface area (Å²) in [5.41, 5.74) is 1.25. The summed E-state index contributed by atoms with van der Waals surface area (Å²) < 4.78 is 28.8. The van der Waals surface area contributed by atoms with Crippen molar-refractivity contribution in [2.45, 2.75) is 38.6 Å². The van der Waals surface area contributed by atoms with E-state index < -0.39 is 21.5 Å². The average molecular weight is 391 g/mol. The van der Waals surface area contributed by atoms with Gasteiger partial charge in [0, 0.05) is 18.0 Å². The molecule has 0 aromatic heterocycles. The predicted octanol–water partition coefficient (Wildman–Crippen LogP) is 2.99. The largest absolute Gasteiger partial charge is 0.396 e. The van der Waals surface area contributed by atoms with Gasteiger partial charge in [0.25, 0.3) is 0 Å². The van der Waals surface area contributed by atoms with Crippen molar-refractivity contribution in [1.82, 2.24) is 4.72 Å². The van der Waals surface area contributed by atoms with Gasteiger partial charge in [-0.15, -0.1) is 0 Å². The first-order valence-electron chi connectivity index (χ1n) is 8.63. The Balaban J connectivity index is 2.44. The highest BCUT2D eigenvalue weighted by atomic mass is 32.2. The van der Waals surface area contributed by atoms with Crippen molar-refractivity contribution in [2.24, 2.45) is 5.41 Å². The molecule has 0 fully saturated rings. The zero-order chi connectivity index (χ0) is 20.2. The van der Waals surface area contributed by atoms with Gasteiger partial charge in [0.15, 0.2) is 0 Å². The molecule has 6 nitrogen and oxygen atoms in total. The number of sulfonamides is 1. The molecule has 1 amide bonds. The van der Waals surface area contributed by atoms with E-state index in [2.05, 4.69) is 10.0 Å². The van der Waals surface area contributed by atoms with Crippen LogP contribution in [0.1, 0.15) is 37.9 Å². The van der Waals surface area contributed by atoms with E-state index in [1.165, 1.54) is 19.1 Å². The number of aryl methyl sites for hydroxylation is 1. The molecular weight excluding hydrogens is 364 g/mol. The van der Waals surface area contributed by atoms with Crippen LogP contribution in [0.3, 0.4) is 0 Å². The highest BCUT2D eigenvalue weighted by molar-refractivity contribution is 7.89. The van der Waals surface area contributed by atoms with E-state index in [1.54, 1.807) is 26.8 Å². The smallest absolute Gasteiger partial charge is 0.241 e. The number of nitrogens with one attached hydrogen (secondary N) is 2. The lowest BCUT2D eigenvalue weighted by molar-refractivity contribution is -0.114. The Kier molecular flexibility index (Phi) is 6.41. The molecule has 0 aliphatic heterocycles. The highest BCUT2D eigenvalue weighted by Gasteiger charge is 2.34. The van der Waals surface area contributed by atoms with Crippen LogP contribution in [-0.4, -0.2) is 26.0 Å².